The Kier molecular flexibility index (Phi) is 10.3. The largest absolute Gasteiger partial charge is 0.507 e. The molecule has 0 fully saturated rings. The smallest absolute Gasteiger partial charge is 0.149 e. The number of benzene rings is 7. The van der Waals surface area contributed by atoms with Crippen molar-refractivity contribution in [1.82, 2.24) is 14.5 Å². The molecule has 9 aromatic rings. The van der Waals surface area contributed by atoms with Crippen LogP contribution in [0.2, 0.25) is 0 Å². The van der Waals surface area contributed by atoms with Crippen molar-refractivity contribution < 1.29 is 5.11 Å². The molecule has 0 saturated heterocycles. The van der Waals surface area contributed by atoms with E-state index < -0.39 is 0 Å². The zero-order valence-corrected chi connectivity index (χ0v) is 40.9. The lowest BCUT2D eigenvalue weighted by Crippen LogP contribution is -2.17. The number of pyridine rings is 1. The molecule has 4 heteroatoms. The third kappa shape index (κ3) is 7.57. The molecule has 0 saturated carbocycles. The van der Waals surface area contributed by atoms with Gasteiger partial charge in [-0.15, -0.1) is 0 Å². The Balaban J connectivity index is 1.30. The second kappa shape index (κ2) is 15.8. The van der Waals surface area contributed by atoms with E-state index in [1.165, 1.54) is 27.8 Å². The monoisotopic (exact) mass is 875 g/mol. The first-order valence-corrected chi connectivity index (χ1v) is 23.7. The van der Waals surface area contributed by atoms with E-state index in [9.17, 15) is 5.11 Å². The van der Waals surface area contributed by atoms with E-state index in [0.717, 1.165) is 72.5 Å². The standard InChI is InChI=1S/C63H61N3O/c1-60(2,3)44-29-30-53(49(36-44)40-23-16-13-17-24-40)66-54-28-20-26-46(57(54)65-59(66)50-37-45(61(4,5)6)38-52(58(50)67)62(7,8)9)42-33-41(39-21-14-12-15-22-39)34-43(35-42)56-55-48(31-32-64-56)47-25-18-19-27-51(47)63(55,10)11/h12-38,67H,1-11H3. The molecule has 0 amide bonds. The molecule has 0 radical (unpaired) electrons. The number of hydrogen-bond donors (Lipinski definition) is 1. The fourth-order valence-corrected chi connectivity index (χ4v) is 10.3. The maximum Gasteiger partial charge on any atom is 0.149 e. The van der Waals surface area contributed by atoms with Crippen LogP contribution in [0.3, 0.4) is 0 Å². The fourth-order valence-electron chi connectivity index (χ4n) is 10.3. The Labute approximate surface area is 397 Å². The second-order valence-electron chi connectivity index (χ2n) is 22.1. The van der Waals surface area contributed by atoms with Crippen molar-refractivity contribution in [2.75, 3.05) is 0 Å². The average Bonchev–Trinajstić information content (AvgIpc) is 3.80. The average molecular weight is 876 g/mol. The summed E-state index contributed by atoms with van der Waals surface area (Å²) in [6.07, 6.45) is 1.97. The van der Waals surface area contributed by atoms with Gasteiger partial charge in [0.1, 0.15) is 11.6 Å². The third-order valence-corrected chi connectivity index (χ3v) is 14.0. The molecule has 1 N–H and O–H groups in total. The minimum Gasteiger partial charge on any atom is -0.507 e. The highest BCUT2D eigenvalue weighted by molar-refractivity contribution is 5.99. The summed E-state index contributed by atoms with van der Waals surface area (Å²) < 4.78 is 2.30. The highest BCUT2D eigenvalue weighted by Crippen LogP contribution is 2.52. The van der Waals surface area contributed by atoms with Crippen molar-refractivity contribution >= 4 is 11.0 Å². The normalized spacial score (nSPS) is 13.5. The van der Waals surface area contributed by atoms with Crippen LogP contribution >= 0.6 is 0 Å². The van der Waals surface area contributed by atoms with Gasteiger partial charge in [-0.2, -0.15) is 0 Å². The Morgan fingerprint density at radius 3 is 1.78 bits per heavy atom. The van der Waals surface area contributed by atoms with Crippen molar-refractivity contribution in [1.29, 1.82) is 0 Å². The first-order chi connectivity index (χ1) is 31.8. The zero-order chi connectivity index (χ0) is 47.2. The highest BCUT2D eigenvalue weighted by atomic mass is 16.3. The third-order valence-electron chi connectivity index (χ3n) is 14.0. The number of para-hydroxylation sites is 1. The van der Waals surface area contributed by atoms with E-state index in [1.54, 1.807) is 0 Å². The van der Waals surface area contributed by atoms with Gasteiger partial charge in [-0.05, 0) is 120 Å². The summed E-state index contributed by atoms with van der Waals surface area (Å²) >= 11 is 0. The van der Waals surface area contributed by atoms with Crippen molar-refractivity contribution in [2.24, 2.45) is 0 Å². The first-order valence-electron chi connectivity index (χ1n) is 23.7. The van der Waals surface area contributed by atoms with Gasteiger partial charge in [0.15, 0.2) is 0 Å². The Bertz CT molecular complexity index is 3370. The molecule has 1 aliphatic carbocycles. The van der Waals surface area contributed by atoms with Crippen molar-refractivity contribution in [3.8, 4) is 78.6 Å². The highest BCUT2D eigenvalue weighted by Gasteiger charge is 2.38. The minimum atomic E-state index is -0.332. The molecule has 10 rings (SSSR count). The molecule has 4 nitrogen and oxygen atoms in total. The minimum absolute atomic E-state index is 0.0802. The van der Waals surface area contributed by atoms with E-state index >= 15 is 0 Å². The predicted molar refractivity (Wildman–Crippen MR) is 281 cm³/mol. The number of phenolic OH excluding ortho intramolecular Hbond substituents is 1. The molecule has 0 unspecified atom stereocenters. The second-order valence-corrected chi connectivity index (χ2v) is 22.1. The lowest BCUT2D eigenvalue weighted by molar-refractivity contribution is 0.446. The van der Waals surface area contributed by atoms with Crippen LogP contribution in [0.4, 0.5) is 0 Å². The van der Waals surface area contributed by atoms with Crippen LogP contribution in [0.15, 0.2) is 164 Å². The molecule has 334 valence electrons. The summed E-state index contributed by atoms with van der Waals surface area (Å²) in [5, 5.41) is 12.6. The molecule has 2 heterocycles. The SMILES string of the molecule is CC(C)(C)c1ccc(-n2c(-c3cc(C(C)(C)C)cc(C(C)(C)C)c3O)nc3c(-c4cc(-c5ccccc5)cc(-c5nccc6c5C(C)(C)c5ccccc5-6)c4)cccc32)c(-c2ccccc2)c1. The molecule has 0 aliphatic heterocycles. The summed E-state index contributed by atoms with van der Waals surface area (Å²) in [7, 11) is 0. The molecule has 0 atom stereocenters. The number of rotatable bonds is 6. The summed E-state index contributed by atoms with van der Waals surface area (Å²) in [5.41, 5.74) is 19.5. The van der Waals surface area contributed by atoms with Crippen LogP contribution in [0, 0.1) is 0 Å². The molecule has 7 aromatic carbocycles. The van der Waals surface area contributed by atoms with Crippen LogP contribution in [0.5, 0.6) is 5.75 Å². The Morgan fingerprint density at radius 1 is 0.478 bits per heavy atom. The van der Waals surface area contributed by atoms with Crippen LogP contribution < -0.4 is 0 Å². The van der Waals surface area contributed by atoms with Gasteiger partial charge >= 0.3 is 0 Å². The fraction of sp³-hybridized carbons (Fsp3) is 0.238. The van der Waals surface area contributed by atoms with Gasteiger partial charge in [0, 0.05) is 33.9 Å². The number of nitrogens with zero attached hydrogens (tertiary/aromatic N) is 3. The van der Waals surface area contributed by atoms with Crippen molar-refractivity contribution in [3.63, 3.8) is 0 Å². The molecule has 67 heavy (non-hydrogen) atoms. The number of phenols is 1. The van der Waals surface area contributed by atoms with Gasteiger partial charge in [0.05, 0.1) is 28.0 Å². The Hall–Kier alpha value is -7.04. The topological polar surface area (TPSA) is 50.9 Å². The lowest BCUT2D eigenvalue weighted by atomic mass is 9.79. The van der Waals surface area contributed by atoms with Crippen LogP contribution in [0.25, 0.3) is 83.9 Å². The van der Waals surface area contributed by atoms with Gasteiger partial charge < -0.3 is 5.11 Å². The number of fused-ring (bicyclic) bond motifs is 4. The van der Waals surface area contributed by atoms with Crippen molar-refractivity contribution in [2.45, 2.75) is 97.8 Å². The van der Waals surface area contributed by atoms with Gasteiger partial charge in [0.2, 0.25) is 0 Å². The summed E-state index contributed by atoms with van der Waals surface area (Å²) in [6, 6.07) is 57.0. The van der Waals surface area contributed by atoms with Gasteiger partial charge in [0.25, 0.3) is 0 Å². The quantitative estimate of drug-likeness (QED) is 0.181. The molecule has 0 bridgehead atoms. The van der Waals surface area contributed by atoms with Gasteiger partial charge in [-0.25, -0.2) is 4.98 Å². The maximum absolute atomic E-state index is 12.6. The molecule has 1 aliphatic rings. The predicted octanol–water partition coefficient (Wildman–Crippen LogP) is 16.7. The van der Waals surface area contributed by atoms with Gasteiger partial charge in [-0.1, -0.05) is 185 Å². The lowest BCUT2D eigenvalue weighted by Gasteiger charge is -2.28. The Morgan fingerprint density at radius 2 is 1.09 bits per heavy atom. The molecule has 0 spiro atoms. The van der Waals surface area contributed by atoms with Gasteiger partial charge in [-0.3, -0.25) is 9.55 Å². The van der Waals surface area contributed by atoms with E-state index in [2.05, 4.69) is 238 Å². The summed E-state index contributed by atoms with van der Waals surface area (Å²) in [4.78, 5) is 11.0. The summed E-state index contributed by atoms with van der Waals surface area (Å²) in [5.74, 6) is 0.950. The van der Waals surface area contributed by atoms with Crippen LogP contribution in [-0.4, -0.2) is 19.6 Å². The van der Waals surface area contributed by atoms with E-state index in [4.69, 9.17) is 9.97 Å². The summed E-state index contributed by atoms with van der Waals surface area (Å²) in [6.45, 7) is 24.7. The molecule has 2 aromatic heterocycles. The van der Waals surface area contributed by atoms with E-state index in [0.29, 0.717) is 11.4 Å². The van der Waals surface area contributed by atoms with Crippen molar-refractivity contribution in [3.05, 3.63) is 192 Å². The number of hydrogen-bond acceptors (Lipinski definition) is 3. The number of aromatic hydroxyl groups is 1. The zero-order valence-electron chi connectivity index (χ0n) is 40.9. The number of imidazole rings is 1. The number of aromatic nitrogens is 3. The molecular formula is C63H61N3O. The van der Waals surface area contributed by atoms with Crippen LogP contribution in [0.1, 0.15) is 104 Å². The maximum atomic E-state index is 12.6. The van der Waals surface area contributed by atoms with E-state index in [1.807, 2.05) is 6.20 Å². The van der Waals surface area contributed by atoms with Crippen LogP contribution in [-0.2, 0) is 21.7 Å². The first kappa shape index (κ1) is 43.8. The molecular weight excluding hydrogens is 815 g/mol. The van der Waals surface area contributed by atoms with E-state index in [-0.39, 0.29) is 27.4 Å².